The van der Waals surface area contributed by atoms with Gasteiger partial charge in [-0.1, -0.05) is 24.3 Å². The first-order valence-electron chi connectivity index (χ1n) is 10.5. The van der Waals surface area contributed by atoms with Crippen LogP contribution in [0.4, 0.5) is 0 Å². The summed E-state index contributed by atoms with van der Waals surface area (Å²) < 4.78 is 3.96. The van der Waals surface area contributed by atoms with Crippen LogP contribution in [0.3, 0.4) is 0 Å². The molecule has 4 aromatic rings. The number of nitrogens with one attached hydrogen (secondary N) is 2. The molecule has 0 aliphatic carbocycles. The summed E-state index contributed by atoms with van der Waals surface area (Å²) >= 11 is 1.72. The molecule has 0 amide bonds. The van der Waals surface area contributed by atoms with E-state index in [2.05, 4.69) is 68.6 Å². The lowest BCUT2D eigenvalue weighted by Gasteiger charge is -2.13. The van der Waals surface area contributed by atoms with Gasteiger partial charge in [0.1, 0.15) is 5.82 Å². The minimum atomic E-state index is 0.520. The maximum absolute atomic E-state index is 4.87. The van der Waals surface area contributed by atoms with Crippen LogP contribution in [0.1, 0.15) is 33.5 Å². The molecule has 4 rings (SSSR count). The van der Waals surface area contributed by atoms with E-state index in [4.69, 9.17) is 4.99 Å². The number of nitrogens with zero attached hydrogens (tertiary/aromatic N) is 6. The van der Waals surface area contributed by atoms with Crippen LogP contribution in [-0.4, -0.2) is 30.5 Å². The van der Waals surface area contributed by atoms with Crippen LogP contribution in [0.15, 0.2) is 52.8 Å². The lowest BCUT2D eigenvalue weighted by molar-refractivity contribution is 0.715. The standard InChI is InChI=1S/C23H28N8S/c1-16-12-17(2)31(29-16)21-10-6-5-8-19(21)13-24-23(25-14-20-9-7-11-32-20)26-15-22-28-27-18(3)30(22)4/h5-12H,13-15H2,1-4H3,(H2,24,25,26). The molecule has 0 unspecified atom stereocenters. The van der Waals surface area contributed by atoms with E-state index >= 15 is 0 Å². The van der Waals surface area contributed by atoms with E-state index in [1.807, 2.05) is 42.3 Å². The van der Waals surface area contributed by atoms with Gasteiger partial charge in [0, 0.05) is 17.6 Å². The van der Waals surface area contributed by atoms with E-state index < -0.39 is 0 Å². The molecule has 0 atom stereocenters. The van der Waals surface area contributed by atoms with Crippen LogP contribution in [0, 0.1) is 20.8 Å². The predicted octanol–water partition coefficient (Wildman–Crippen LogP) is 3.42. The zero-order valence-electron chi connectivity index (χ0n) is 18.8. The van der Waals surface area contributed by atoms with Gasteiger partial charge >= 0.3 is 0 Å². The first-order valence-corrected chi connectivity index (χ1v) is 11.4. The number of aliphatic imine (C=N–C) groups is 1. The minimum Gasteiger partial charge on any atom is -0.351 e. The summed E-state index contributed by atoms with van der Waals surface area (Å²) in [6.45, 7) is 7.78. The molecule has 166 valence electrons. The second-order valence-electron chi connectivity index (χ2n) is 7.64. The summed E-state index contributed by atoms with van der Waals surface area (Å²) in [4.78, 5) is 6.12. The van der Waals surface area contributed by atoms with Gasteiger partial charge in [-0.3, -0.25) is 0 Å². The van der Waals surface area contributed by atoms with E-state index in [0.29, 0.717) is 19.6 Å². The molecule has 1 aromatic carbocycles. The fourth-order valence-corrected chi connectivity index (χ4v) is 4.06. The second-order valence-corrected chi connectivity index (χ2v) is 8.67. The summed E-state index contributed by atoms with van der Waals surface area (Å²) in [5.74, 6) is 2.46. The van der Waals surface area contributed by atoms with Crippen molar-refractivity contribution in [2.24, 2.45) is 12.0 Å². The van der Waals surface area contributed by atoms with Crippen molar-refractivity contribution in [2.45, 2.75) is 40.4 Å². The highest BCUT2D eigenvalue weighted by Gasteiger charge is 2.10. The normalized spacial score (nSPS) is 11.7. The summed E-state index contributed by atoms with van der Waals surface area (Å²) in [5, 5.41) is 21.9. The average Bonchev–Trinajstić information content (AvgIpc) is 3.50. The fourth-order valence-electron chi connectivity index (χ4n) is 3.41. The number of hydrogen-bond donors (Lipinski definition) is 2. The monoisotopic (exact) mass is 448 g/mol. The number of thiophene rings is 1. The van der Waals surface area contributed by atoms with Gasteiger partial charge in [0.05, 0.1) is 31.0 Å². The highest BCUT2D eigenvalue weighted by Crippen LogP contribution is 2.18. The maximum Gasteiger partial charge on any atom is 0.192 e. The summed E-state index contributed by atoms with van der Waals surface area (Å²) in [6.07, 6.45) is 0. The first-order chi connectivity index (χ1) is 15.5. The quantitative estimate of drug-likeness (QED) is 0.334. The van der Waals surface area contributed by atoms with E-state index in [9.17, 15) is 0 Å². The van der Waals surface area contributed by atoms with Crippen LogP contribution < -0.4 is 10.6 Å². The van der Waals surface area contributed by atoms with Gasteiger partial charge in [-0.25, -0.2) is 9.67 Å². The number of hydrogen-bond acceptors (Lipinski definition) is 5. The lowest BCUT2D eigenvalue weighted by atomic mass is 10.2. The molecule has 9 heteroatoms. The molecule has 0 bridgehead atoms. The van der Waals surface area contributed by atoms with E-state index in [1.54, 1.807) is 11.3 Å². The first kappa shape index (κ1) is 21.8. The van der Waals surface area contributed by atoms with Crippen molar-refractivity contribution in [1.29, 1.82) is 0 Å². The zero-order chi connectivity index (χ0) is 22.5. The smallest absolute Gasteiger partial charge is 0.192 e. The van der Waals surface area contributed by atoms with Crippen molar-refractivity contribution in [3.8, 4) is 5.69 Å². The number of rotatable bonds is 7. The Hall–Kier alpha value is -3.46. The molecule has 0 saturated heterocycles. The van der Waals surface area contributed by atoms with Crippen LogP contribution >= 0.6 is 11.3 Å². The topological polar surface area (TPSA) is 85.0 Å². The molecule has 0 radical (unpaired) electrons. The summed E-state index contributed by atoms with van der Waals surface area (Å²) in [7, 11) is 1.97. The summed E-state index contributed by atoms with van der Waals surface area (Å²) in [6, 6.07) is 14.5. The Bertz CT molecular complexity index is 1200. The Labute approximate surface area is 192 Å². The van der Waals surface area contributed by atoms with Crippen molar-refractivity contribution < 1.29 is 0 Å². The van der Waals surface area contributed by atoms with Crippen LogP contribution in [0.5, 0.6) is 0 Å². The van der Waals surface area contributed by atoms with Gasteiger partial charge in [-0.05, 0) is 49.9 Å². The molecule has 0 fully saturated rings. The Balaban J connectivity index is 1.54. The molecule has 8 nitrogen and oxygen atoms in total. The van der Waals surface area contributed by atoms with E-state index in [1.165, 1.54) is 4.88 Å². The van der Waals surface area contributed by atoms with Crippen LogP contribution in [0.25, 0.3) is 5.69 Å². The van der Waals surface area contributed by atoms with Gasteiger partial charge < -0.3 is 15.2 Å². The molecule has 3 aromatic heterocycles. The third kappa shape index (κ3) is 5.05. The number of guanidine groups is 1. The van der Waals surface area contributed by atoms with Gasteiger partial charge in [0.25, 0.3) is 0 Å². The van der Waals surface area contributed by atoms with Crippen molar-refractivity contribution in [3.63, 3.8) is 0 Å². The van der Waals surface area contributed by atoms with Gasteiger partial charge in [0.2, 0.25) is 0 Å². The van der Waals surface area contributed by atoms with Gasteiger partial charge in [-0.15, -0.1) is 21.5 Å². The van der Waals surface area contributed by atoms with Crippen LogP contribution in [0.2, 0.25) is 0 Å². The fraction of sp³-hybridized carbons (Fsp3) is 0.304. The highest BCUT2D eigenvalue weighted by molar-refractivity contribution is 7.09. The highest BCUT2D eigenvalue weighted by atomic mass is 32.1. The maximum atomic E-state index is 4.87. The Morgan fingerprint density at radius 3 is 2.53 bits per heavy atom. The largest absolute Gasteiger partial charge is 0.351 e. The van der Waals surface area contributed by atoms with Crippen molar-refractivity contribution in [3.05, 3.63) is 81.3 Å². The number of aryl methyl sites for hydroxylation is 3. The molecule has 2 N–H and O–H groups in total. The van der Waals surface area contributed by atoms with Crippen LogP contribution in [-0.2, 0) is 26.7 Å². The SMILES string of the molecule is Cc1cc(C)n(-c2ccccc2CN=C(NCc2cccs2)NCc2nnc(C)n2C)n1. The number of para-hydroxylation sites is 1. The minimum absolute atomic E-state index is 0.520. The van der Waals surface area contributed by atoms with Crippen molar-refractivity contribution in [2.75, 3.05) is 0 Å². The molecule has 0 saturated carbocycles. The molecule has 32 heavy (non-hydrogen) atoms. The lowest BCUT2D eigenvalue weighted by Crippen LogP contribution is -2.37. The molecule has 0 spiro atoms. The molecule has 3 heterocycles. The zero-order valence-corrected chi connectivity index (χ0v) is 19.6. The number of benzene rings is 1. The van der Waals surface area contributed by atoms with E-state index in [-0.39, 0.29) is 0 Å². The number of aromatic nitrogens is 5. The van der Waals surface area contributed by atoms with Gasteiger partial charge in [-0.2, -0.15) is 5.10 Å². The third-order valence-electron chi connectivity index (χ3n) is 5.24. The Morgan fingerprint density at radius 2 is 1.84 bits per heavy atom. The van der Waals surface area contributed by atoms with E-state index in [0.717, 1.165) is 40.2 Å². The van der Waals surface area contributed by atoms with Crippen molar-refractivity contribution in [1.82, 2.24) is 35.2 Å². The van der Waals surface area contributed by atoms with Gasteiger partial charge in [0.15, 0.2) is 11.8 Å². The summed E-state index contributed by atoms with van der Waals surface area (Å²) in [5.41, 5.74) is 4.25. The second kappa shape index (κ2) is 9.78. The molecule has 0 aliphatic heterocycles. The average molecular weight is 449 g/mol. The predicted molar refractivity (Wildman–Crippen MR) is 128 cm³/mol. The Morgan fingerprint density at radius 1 is 1.03 bits per heavy atom. The third-order valence-corrected chi connectivity index (χ3v) is 6.12. The Kier molecular flexibility index (Phi) is 6.65. The molecular formula is C23H28N8S. The molecule has 0 aliphatic rings. The van der Waals surface area contributed by atoms with Crippen molar-refractivity contribution >= 4 is 17.3 Å². The molecular weight excluding hydrogens is 420 g/mol.